The van der Waals surface area contributed by atoms with Crippen LogP contribution in [0.25, 0.3) is 0 Å². The average molecular weight is 723 g/mol. The summed E-state index contributed by atoms with van der Waals surface area (Å²) in [6, 6.07) is 5.96. The summed E-state index contributed by atoms with van der Waals surface area (Å²) in [5, 5.41) is 44.8. The van der Waals surface area contributed by atoms with Gasteiger partial charge in [-0.15, -0.1) is 0 Å². The molecule has 0 aliphatic carbocycles. The lowest BCUT2D eigenvalue weighted by molar-refractivity contribution is -0.272. The summed E-state index contributed by atoms with van der Waals surface area (Å²) in [5.74, 6) is -1.99. The van der Waals surface area contributed by atoms with E-state index in [-0.39, 0.29) is 19.4 Å². The van der Waals surface area contributed by atoms with Crippen molar-refractivity contribution in [3.8, 4) is 0 Å². The number of aliphatic hydroxyl groups excluding tert-OH is 4. The predicted octanol–water partition coefficient (Wildman–Crippen LogP) is 4.38. The van der Waals surface area contributed by atoms with Crippen LogP contribution in [-0.4, -0.2) is 99.6 Å². The molecule has 0 aromatic heterocycles. The van der Waals surface area contributed by atoms with Crippen LogP contribution in [0.5, 0.6) is 0 Å². The van der Waals surface area contributed by atoms with Crippen LogP contribution < -0.4 is 5.32 Å². The Morgan fingerprint density at radius 3 is 1.87 bits per heavy atom. The molecule has 1 saturated heterocycles. The second-order valence-electron chi connectivity index (χ2n) is 12.2. The van der Waals surface area contributed by atoms with Crippen molar-refractivity contribution in [2.45, 2.75) is 108 Å². The van der Waals surface area contributed by atoms with Crippen molar-refractivity contribution in [1.29, 1.82) is 0 Å². The van der Waals surface area contributed by atoms with Crippen LogP contribution in [-0.2, 0) is 30.3 Å². The second kappa shape index (κ2) is 26.6. The van der Waals surface area contributed by atoms with E-state index in [4.69, 9.17) is 9.47 Å². The molecule has 2 unspecified atom stereocenters. The van der Waals surface area contributed by atoms with Gasteiger partial charge in [0.1, 0.15) is 36.9 Å². The minimum absolute atomic E-state index is 0.0311. The maximum atomic E-state index is 13.9. The van der Waals surface area contributed by atoms with Crippen molar-refractivity contribution in [2.75, 3.05) is 19.8 Å². The highest BCUT2D eigenvalue weighted by molar-refractivity contribution is 5.90. The van der Waals surface area contributed by atoms with Crippen molar-refractivity contribution >= 4 is 17.8 Å². The zero-order valence-electron chi connectivity index (χ0n) is 30.5. The van der Waals surface area contributed by atoms with Crippen molar-refractivity contribution < 1.29 is 44.3 Å². The second-order valence-corrected chi connectivity index (χ2v) is 12.2. The summed E-state index contributed by atoms with van der Waals surface area (Å²) >= 11 is 0. The van der Waals surface area contributed by atoms with Crippen LogP contribution in [0.4, 0.5) is 0 Å². The standard InChI is InChI=1S/C41H58N2O9/c1-3-5-6-7-8-9-10-11-12-13-14-15-16-17-18-19-20-21-25-28-35(45)43(37-39(48)38(47)34(31-44)52-41(37)50)33(29-32-26-23-22-24-27-32)40(49)42-30-36(46)51-4-2/h5-6,8-9,11-12,14-15,17-18,20-24,26-27,33-34,37-39,41,44,47-48,50H,3-4,7,10,13,16,19,25,28-31H2,1-2H3,(H,42,49)/b6-5-,9-8-,12-11-,15-14-,18-17-,21-20-/t33?,34-,37-,38-,39-,41?/m1/s1. The van der Waals surface area contributed by atoms with Gasteiger partial charge in [0.15, 0.2) is 6.29 Å². The summed E-state index contributed by atoms with van der Waals surface area (Å²) in [6.45, 7) is 2.72. The number of allylic oxidation sites excluding steroid dienone is 12. The molecule has 0 radical (unpaired) electrons. The molecular formula is C41H58N2O9. The molecule has 52 heavy (non-hydrogen) atoms. The lowest BCUT2D eigenvalue weighted by Crippen LogP contribution is -2.68. The molecule has 1 aromatic rings. The van der Waals surface area contributed by atoms with Gasteiger partial charge in [-0.1, -0.05) is 110 Å². The van der Waals surface area contributed by atoms with E-state index in [9.17, 15) is 34.8 Å². The van der Waals surface area contributed by atoms with E-state index < -0.39 is 67.6 Å². The van der Waals surface area contributed by atoms with Gasteiger partial charge in [0.2, 0.25) is 11.8 Å². The molecule has 5 N–H and O–H groups in total. The van der Waals surface area contributed by atoms with Crippen molar-refractivity contribution in [2.24, 2.45) is 0 Å². The van der Waals surface area contributed by atoms with Gasteiger partial charge in [-0.3, -0.25) is 14.4 Å². The normalized spacial score (nSPS) is 21.6. The van der Waals surface area contributed by atoms with Gasteiger partial charge in [-0.05, 0) is 57.4 Å². The van der Waals surface area contributed by atoms with Gasteiger partial charge in [0, 0.05) is 12.8 Å². The minimum Gasteiger partial charge on any atom is -0.465 e. The largest absolute Gasteiger partial charge is 0.465 e. The molecule has 0 saturated carbocycles. The summed E-state index contributed by atoms with van der Waals surface area (Å²) < 4.78 is 10.3. The van der Waals surface area contributed by atoms with E-state index in [1.54, 1.807) is 37.3 Å². The molecule has 6 atom stereocenters. The SMILES string of the molecule is CC/C=C\C/C=C\C/C=C\C/C=C\C/C=C\C/C=C\CCC(=O)N(C(Cc1ccccc1)C(=O)NCC(=O)OCC)[C@H]1C(O)O[C@H](CO)[C@@H](O)[C@@H]1O. The first kappa shape index (κ1) is 44.0. The van der Waals surface area contributed by atoms with Crippen LogP contribution in [0.2, 0.25) is 0 Å². The number of esters is 1. The Kier molecular flexibility index (Phi) is 22.5. The molecule has 1 aliphatic heterocycles. The first-order chi connectivity index (χ1) is 25.2. The van der Waals surface area contributed by atoms with Crippen molar-refractivity contribution in [3.05, 3.63) is 109 Å². The number of rotatable bonds is 23. The lowest BCUT2D eigenvalue weighted by Gasteiger charge is -2.47. The first-order valence-corrected chi connectivity index (χ1v) is 18.2. The van der Waals surface area contributed by atoms with E-state index in [2.05, 4.69) is 66.9 Å². The molecule has 2 amide bonds. The fraction of sp³-hybridized carbons (Fsp3) is 0.488. The molecule has 1 heterocycles. The number of benzene rings is 1. The minimum atomic E-state index is -1.83. The maximum absolute atomic E-state index is 13.9. The van der Waals surface area contributed by atoms with Crippen LogP contribution in [0.15, 0.2) is 103 Å². The quantitative estimate of drug-likeness (QED) is 0.0814. The van der Waals surface area contributed by atoms with E-state index >= 15 is 0 Å². The third-order valence-corrected chi connectivity index (χ3v) is 8.22. The van der Waals surface area contributed by atoms with E-state index in [1.807, 2.05) is 18.2 Å². The lowest BCUT2D eigenvalue weighted by atomic mass is 9.92. The Hall–Kier alpha value is -4.13. The number of nitrogens with one attached hydrogen (secondary N) is 1. The summed E-state index contributed by atoms with van der Waals surface area (Å²) in [4.78, 5) is 40.7. The summed E-state index contributed by atoms with van der Waals surface area (Å²) in [7, 11) is 0. The van der Waals surface area contributed by atoms with Gasteiger partial charge in [0.25, 0.3) is 0 Å². The van der Waals surface area contributed by atoms with Crippen LogP contribution in [0.1, 0.15) is 70.8 Å². The predicted molar refractivity (Wildman–Crippen MR) is 202 cm³/mol. The van der Waals surface area contributed by atoms with Crippen LogP contribution in [0, 0.1) is 0 Å². The smallest absolute Gasteiger partial charge is 0.325 e. The van der Waals surface area contributed by atoms with E-state index in [0.717, 1.165) is 37.0 Å². The van der Waals surface area contributed by atoms with Gasteiger partial charge in [0.05, 0.1) is 13.2 Å². The third kappa shape index (κ3) is 16.5. The topological polar surface area (TPSA) is 166 Å². The van der Waals surface area contributed by atoms with Gasteiger partial charge in [-0.2, -0.15) is 0 Å². The molecule has 0 spiro atoms. The monoisotopic (exact) mass is 722 g/mol. The fourth-order valence-electron chi connectivity index (χ4n) is 5.55. The highest BCUT2D eigenvalue weighted by Crippen LogP contribution is 2.28. The number of aliphatic hydroxyl groups is 4. The highest BCUT2D eigenvalue weighted by atomic mass is 16.6. The van der Waals surface area contributed by atoms with Crippen molar-refractivity contribution in [3.63, 3.8) is 0 Å². The van der Waals surface area contributed by atoms with E-state index in [0.29, 0.717) is 18.4 Å². The number of ether oxygens (including phenoxy) is 2. The van der Waals surface area contributed by atoms with Crippen molar-refractivity contribution in [1.82, 2.24) is 10.2 Å². The van der Waals surface area contributed by atoms with Gasteiger partial charge in [-0.25, -0.2) is 0 Å². The highest BCUT2D eigenvalue weighted by Gasteiger charge is 2.50. The zero-order chi connectivity index (χ0) is 38.0. The number of carbonyl (C=O) groups excluding carboxylic acids is 3. The molecular weight excluding hydrogens is 664 g/mol. The van der Waals surface area contributed by atoms with Crippen LogP contribution >= 0.6 is 0 Å². The maximum Gasteiger partial charge on any atom is 0.325 e. The first-order valence-electron chi connectivity index (χ1n) is 18.2. The summed E-state index contributed by atoms with van der Waals surface area (Å²) in [5.41, 5.74) is 0.669. The van der Waals surface area contributed by atoms with Gasteiger partial charge < -0.3 is 40.1 Å². The molecule has 286 valence electrons. The molecule has 11 nitrogen and oxygen atoms in total. The fourth-order valence-corrected chi connectivity index (χ4v) is 5.55. The Labute approximate surface area is 308 Å². The molecule has 1 aromatic carbocycles. The molecule has 1 aliphatic rings. The number of amides is 2. The molecule has 0 bridgehead atoms. The summed E-state index contributed by atoms with van der Waals surface area (Å²) in [6.07, 6.45) is 24.0. The molecule has 2 rings (SSSR count). The Morgan fingerprint density at radius 2 is 1.35 bits per heavy atom. The Balaban J connectivity index is 2.06. The zero-order valence-corrected chi connectivity index (χ0v) is 30.5. The number of hydrogen-bond donors (Lipinski definition) is 5. The number of nitrogens with zero attached hydrogens (tertiary/aromatic N) is 1. The molecule has 1 fully saturated rings. The Bertz CT molecular complexity index is 1350. The van der Waals surface area contributed by atoms with E-state index in [1.165, 1.54) is 0 Å². The molecule has 11 heteroatoms. The Morgan fingerprint density at radius 1 is 0.808 bits per heavy atom. The average Bonchev–Trinajstić information content (AvgIpc) is 3.14. The van der Waals surface area contributed by atoms with Gasteiger partial charge >= 0.3 is 5.97 Å². The van der Waals surface area contributed by atoms with Crippen LogP contribution in [0.3, 0.4) is 0 Å². The number of hydrogen-bond acceptors (Lipinski definition) is 9. The number of carbonyl (C=O) groups is 3. The third-order valence-electron chi connectivity index (χ3n) is 8.22.